The second-order valence-corrected chi connectivity index (χ2v) is 7.40. The van der Waals surface area contributed by atoms with Crippen LogP contribution in [0.5, 0.6) is 0 Å². The molecule has 1 unspecified atom stereocenters. The van der Waals surface area contributed by atoms with Crippen molar-refractivity contribution in [3.8, 4) is 11.5 Å². The summed E-state index contributed by atoms with van der Waals surface area (Å²) in [7, 11) is 0. The van der Waals surface area contributed by atoms with Crippen LogP contribution in [-0.2, 0) is 6.42 Å². The summed E-state index contributed by atoms with van der Waals surface area (Å²) in [6.07, 6.45) is 10.9. The van der Waals surface area contributed by atoms with E-state index in [-0.39, 0.29) is 12.0 Å². The summed E-state index contributed by atoms with van der Waals surface area (Å²) in [5.74, 6) is 1.15. The lowest BCUT2D eigenvalue weighted by Gasteiger charge is -2.21. The minimum Gasteiger partial charge on any atom is -0.418 e. The molecule has 2 heterocycles. The highest BCUT2D eigenvalue weighted by Gasteiger charge is 2.31. The Bertz CT molecular complexity index is 724. The number of nitrogens with zero attached hydrogens (tertiary/aromatic N) is 3. The third-order valence-corrected chi connectivity index (χ3v) is 5.31. The molecule has 3 N–H and O–H groups in total. The predicted octanol–water partition coefficient (Wildman–Crippen LogP) is 4.67. The summed E-state index contributed by atoms with van der Waals surface area (Å²) in [6, 6.07) is 8.35. The Balaban J connectivity index is 1.55. The molecule has 1 atom stereocenters. The predicted molar refractivity (Wildman–Crippen MR) is 107 cm³/mol. The van der Waals surface area contributed by atoms with Gasteiger partial charge in [0.1, 0.15) is 6.04 Å². The van der Waals surface area contributed by atoms with Gasteiger partial charge in [0.25, 0.3) is 0 Å². The molecule has 6 nitrogen and oxygen atoms in total. The van der Waals surface area contributed by atoms with Gasteiger partial charge in [-0.25, -0.2) is 0 Å². The normalized spacial score (nSPS) is 16.8. The molecule has 0 aliphatic carbocycles. The number of unbranched alkanes of at least 4 members (excludes halogenated alkanes) is 5. The van der Waals surface area contributed by atoms with Crippen molar-refractivity contribution in [2.24, 2.45) is 5.73 Å². The van der Waals surface area contributed by atoms with Crippen molar-refractivity contribution in [3.05, 3.63) is 35.7 Å². The molecule has 146 valence electrons. The zero-order valence-corrected chi connectivity index (χ0v) is 16.3. The Kier molecular flexibility index (Phi) is 6.85. The Morgan fingerprint density at radius 2 is 1.89 bits per heavy atom. The maximum absolute atomic E-state index is 7.68. The summed E-state index contributed by atoms with van der Waals surface area (Å²) < 4.78 is 5.89. The fourth-order valence-corrected chi connectivity index (χ4v) is 3.72. The van der Waals surface area contributed by atoms with E-state index in [1.54, 1.807) is 0 Å². The quantitative estimate of drug-likeness (QED) is 0.381. The van der Waals surface area contributed by atoms with Gasteiger partial charge in [0.2, 0.25) is 11.8 Å². The number of aromatic nitrogens is 2. The Morgan fingerprint density at radius 1 is 1.15 bits per heavy atom. The average molecular weight is 370 g/mol. The van der Waals surface area contributed by atoms with E-state index in [2.05, 4.69) is 41.4 Å². The molecule has 1 aliphatic heterocycles. The molecule has 1 aromatic carbocycles. The highest BCUT2D eigenvalue weighted by atomic mass is 16.4. The molecule has 3 rings (SSSR count). The summed E-state index contributed by atoms with van der Waals surface area (Å²) in [5.41, 5.74) is 7.95. The Labute approximate surface area is 161 Å². The third kappa shape index (κ3) is 5.08. The highest BCUT2D eigenvalue weighted by molar-refractivity contribution is 5.75. The molecule has 1 saturated heterocycles. The molecule has 1 aliphatic rings. The van der Waals surface area contributed by atoms with Gasteiger partial charge in [-0.3, -0.25) is 5.41 Å². The molecule has 1 fully saturated rings. The number of guanidine groups is 1. The monoisotopic (exact) mass is 369 g/mol. The van der Waals surface area contributed by atoms with Gasteiger partial charge in [-0.2, -0.15) is 0 Å². The van der Waals surface area contributed by atoms with Gasteiger partial charge in [-0.1, -0.05) is 51.2 Å². The Morgan fingerprint density at radius 3 is 2.63 bits per heavy atom. The fraction of sp³-hybridized carbons (Fsp3) is 0.571. The minimum absolute atomic E-state index is 0.0660. The summed E-state index contributed by atoms with van der Waals surface area (Å²) in [6.45, 7) is 3.02. The van der Waals surface area contributed by atoms with Crippen molar-refractivity contribution in [1.29, 1.82) is 5.41 Å². The van der Waals surface area contributed by atoms with E-state index in [1.807, 2.05) is 4.90 Å². The maximum Gasteiger partial charge on any atom is 0.247 e. The maximum atomic E-state index is 7.68. The van der Waals surface area contributed by atoms with Crippen molar-refractivity contribution in [2.45, 2.75) is 70.8 Å². The van der Waals surface area contributed by atoms with Gasteiger partial charge in [0.15, 0.2) is 5.96 Å². The lowest BCUT2D eigenvalue weighted by molar-refractivity contribution is 0.323. The largest absolute Gasteiger partial charge is 0.418 e. The second kappa shape index (κ2) is 9.53. The van der Waals surface area contributed by atoms with E-state index in [4.69, 9.17) is 15.6 Å². The van der Waals surface area contributed by atoms with E-state index >= 15 is 0 Å². The van der Waals surface area contributed by atoms with Gasteiger partial charge in [0.05, 0.1) is 0 Å². The first-order valence-corrected chi connectivity index (χ1v) is 10.2. The van der Waals surface area contributed by atoms with Gasteiger partial charge in [-0.15, -0.1) is 10.2 Å². The van der Waals surface area contributed by atoms with Crippen molar-refractivity contribution in [3.63, 3.8) is 0 Å². The minimum atomic E-state index is -0.0734. The first-order valence-electron chi connectivity index (χ1n) is 10.2. The first-order chi connectivity index (χ1) is 13.2. The van der Waals surface area contributed by atoms with Gasteiger partial charge in [0, 0.05) is 12.1 Å². The lowest BCUT2D eigenvalue weighted by Crippen LogP contribution is -2.35. The fourth-order valence-electron chi connectivity index (χ4n) is 3.72. The van der Waals surface area contributed by atoms with Crippen LogP contribution >= 0.6 is 0 Å². The van der Waals surface area contributed by atoms with Crippen molar-refractivity contribution >= 4 is 5.96 Å². The average Bonchev–Trinajstić information content (AvgIpc) is 3.34. The zero-order chi connectivity index (χ0) is 19.1. The molecule has 0 bridgehead atoms. The summed E-state index contributed by atoms with van der Waals surface area (Å²) in [5, 5.41) is 16.1. The van der Waals surface area contributed by atoms with Crippen LogP contribution in [0.25, 0.3) is 11.5 Å². The summed E-state index contributed by atoms with van der Waals surface area (Å²) in [4.78, 5) is 1.82. The van der Waals surface area contributed by atoms with Crippen molar-refractivity contribution in [2.75, 3.05) is 6.54 Å². The van der Waals surface area contributed by atoms with Crippen LogP contribution in [0.1, 0.15) is 75.8 Å². The molecule has 6 heteroatoms. The van der Waals surface area contributed by atoms with E-state index in [0.29, 0.717) is 11.8 Å². The number of rotatable bonds is 9. The van der Waals surface area contributed by atoms with Crippen LogP contribution in [0.15, 0.2) is 28.7 Å². The lowest BCUT2D eigenvalue weighted by atomic mass is 10.0. The number of nitrogens with one attached hydrogen (secondary N) is 1. The number of nitrogens with two attached hydrogens (primary N) is 1. The molecule has 0 spiro atoms. The highest BCUT2D eigenvalue weighted by Crippen LogP contribution is 2.32. The number of benzene rings is 1. The van der Waals surface area contributed by atoms with E-state index < -0.39 is 0 Å². The van der Waals surface area contributed by atoms with Crippen molar-refractivity contribution < 1.29 is 4.42 Å². The van der Waals surface area contributed by atoms with E-state index in [0.717, 1.165) is 31.4 Å². The standard InChI is InChI=1S/C21H31N5O/c1-2-3-4-5-6-7-9-16-11-13-17(14-12-16)19-24-25-20(27-19)18-10-8-15-26(18)21(22)23/h11-14,18H,2-10,15H2,1H3,(H3,22,23). The van der Waals surface area contributed by atoms with Gasteiger partial charge < -0.3 is 15.1 Å². The molecule has 2 aromatic rings. The molecule has 0 amide bonds. The van der Waals surface area contributed by atoms with E-state index in [9.17, 15) is 0 Å². The number of hydrogen-bond donors (Lipinski definition) is 2. The molecule has 1 aromatic heterocycles. The zero-order valence-electron chi connectivity index (χ0n) is 16.3. The van der Waals surface area contributed by atoms with E-state index in [1.165, 1.54) is 44.1 Å². The molecule has 27 heavy (non-hydrogen) atoms. The molecular formula is C21H31N5O. The smallest absolute Gasteiger partial charge is 0.247 e. The number of hydrogen-bond acceptors (Lipinski definition) is 4. The molecular weight excluding hydrogens is 338 g/mol. The van der Waals surface area contributed by atoms with Crippen LogP contribution in [0, 0.1) is 5.41 Å². The number of likely N-dealkylation sites (tertiary alicyclic amines) is 1. The topological polar surface area (TPSA) is 92.0 Å². The van der Waals surface area contributed by atoms with Crippen LogP contribution in [0.2, 0.25) is 0 Å². The van der Waals surface area contributed by atoms with Gasteiger partial charge in [-0.05, 0) is 43.4 Å². The van der Waals surface area contributed by atoms with Crippen LogP contribution in [0.4, 0.5) is 0 Å². The SMILES string of the molecule is CCCCCCCCc1ccc(-c2nnc(C3CCCN3C(=N)N)o2)cc1. The summed E-state index contributed by atoms with van der Waals surface area (Å²) >= 11 is 0. The van der Waals surface area contributed by atoms with Crippen LogP contribution < -0.4 is 5.73 Å². The van der Waals surface area contributed by atoms with Gasteiger partial charge >= 0.3 is 0 Å². The van der Waals surface area contributed by atoms with Crippen LogP contribution in [-0.4, -0.2) is 27.6 Å². The second-order valence-electron chi connectivity index (χ2n) is 7.40. The molecule has 0 radical (unpaired) electrons. The van der Waals surface area contributed by atoms with Crippen molar-refractivity contribution in [1.82, 2.24) is 15.1 Å². The number of aryl methyl sites for hydroxylation is 1. The van der Waals surface area contributed by atoms with Crippen LogP contribution in [0.3, 0.4) is 0 Å². The Hall–Kier alpha value is -2.37. The first kappa shape index (κ1) is 19.4. The molecule has 0 saturated carbocycles. The third-order valence-electron chi connectivity index (χ3n) is 5.31.